The number of aliphatic carboxylic acids is 1. The summed E-state index contributed by atoms with van der Waals surface area (Å²) in [6, 6.07) is 0. The van der Waals surface area contributed by atoms with E-state index in [9.17, 15) is 19.5 Å². The Hall–Kier alpha value is -1.59. The standard InChI is InChI=1S/C31H56O6/c1-3-5-7-9-11-13-15-17-19-23-36-30(34)27-22-21-26(29(32)33)25-28(27)31(35)37-24-20-18-16-14-12-10-8-6-4-2/h26-28H,3-25H2,1-2H3,(H,32,33). The fraction of sp³-hybridized carbons (Fsp3) is 0.903. The van der Waals surface area contributed by atoms with Crippen LogP contribution in [0.3, 0.4) is 0 Å². The number of carbonyl (C=O) groups is 3. The van der Waals surface area contributed by atoms with Crippen LogP contribution in [-0.2, 0) is 23.9 Å². The minimum absolute atomic E-state index is 0.156. The predicted octanol–water partition coefficient (Wildman–Crippen LogP) is 8.25. The van der Waals surface area contributed by atoms with Gasteiger partial charge in [-0.1, -0.05) is 117 Å². The molecular formula is C31H56O6. The van der Waals surface area contributed by atoms with E-state index in [4.69, 9.17) is 9.47 Å². The molecule has 0 heterocycles. The molecule has 0 aromatic rings. The Morgan fingerprint density at radius 3 is 1.35 bits per heavy atom. The highest BCUT2D eigenvalue weighted by Gasteiger charge is 2.43. The first-order valence-corrected chi connectivity index (χ1v) is 15.6. The maximum absolute atomic E-state index is 12.8. The van der Waals surface area contributed by atoms with Gasteiger partial charge in [-0.05, 0) is 32.1 Å². The summed E-state index contributed by atoms with van der Waals surface area (Å²) in [5.74, 6) is -3.62. The smallest absolute Gasteiger partial charge is 0.309 e. The summed E-state index contributed by atoms with van der Waals surface area (Å²) in [4.78, 5) is 37.2. The summed E-state index contributed by atoms with van der Waals surface area (Å²) in [5, 5.41) is 9.46. The highest BCUT2D eigenvalue weighted by Crippen LogP contribution is 2.36. The number of unbranched alkanes of at least 4 members (excludes halogenated alkanes) is 16. The van der Waals surface area contributed by atoms with Gasteiger partial charge in [0.1, 0.15) is 0 Å². The minimum Gasteiger partial charge on any atom is -0.481 e. The first-order chi connectivity index (χ1) is 18.0. The van der Waals surface area contributed by atoms with Crippen LogP contribution in [0.4, 0.5) is 0 Å². The van der Waals surface area contributed by atoms with E-state index in [0.29, 0.717) is 26.1 Å². The number of rotatable bonds is 23. The number of carbonyl (C=O) groups excluding carboxylic acids is 2. The minimum atomic E-state index is -0.904. The van der Waals surface area contributed by atoms with Gasteiger partial charge in [-0.3, -0.25) is 14.4 Å². The molecule has 1 fully saturated rings. The zero-order chi connectivity index (χ0) is 27.1. The lowest BCUT2D eigenvalue weighted by atomic mass is 9.74. The van der Waals surface area contributed by atoms with E-state index in [1.165, 1.54) is 77.0 Å². The summed E-state index contributed by atoms with van der Waals surface area (Å²) >= 11 is 0. The van der Waals surface area contributed by atoms with Crippen molar-refractivity contribution >= 4 is 17.9 Å². The number of hydrogen-bond donors (Lipinski definition) is 1. The second-order valence-electron chi connectivity index (χ2n) is 11.1. The summed E-state index contributed by atoms with van der Waals surface area (Å²) in [7, 11) is 0. The van der Waals surface area contributed by atoms with Crippen LogP contribution in [0.15, 0.2) is 0 Å². The fourth-order valence-corrected chi connectivity index (χ4v) is 5.32. The van der Waals surface area contributed by atoms with E-state index < -0.39 is 29.7 Å². The van der Waals surface area contributed by atoms with Crippen molar-refractivity contribution in [3.8, 4) is 0 Å². The van der Waals surface area contributed by atoms with Gasteiger partial charge in [0.15, 0.2) is 0 Å². The molecule has 6 nitrogen and oxygen atoms in total. The Morgan fingerprint density at radius 2 is 0.946 bits per heavy atom. The third-order valence-electron chi connectivity index (χ3n) is 7.79. The van der Waals surface area contributed by atoms with E-state index in [2.05, 4.69) is 13.8 Å². The molecule has 0 radical (unpaired) electrons. The summed E-state index contributed by atoms with van der Waals surface area (Å²) in [6.07, 6.45) is 22.3. The number of ether oxygens (including phenoxy) is 2. The van der Waals surface area contributed by atoms with Gasteiger partial charge in [0, 0.05) is 0 Å². The Labute approximate surface area is 226 Å². The molecule has 1 aliphatic rings. The number of carboxylic acids is 1. The molecule has 0 amide bonds. The summed E-state index contributed by atoms with van der Waals surface area (Å²) in [6.45, 7) is 5.15. The first-order valence-electron chi connectivity index (χ1n) is 15.6. The van der Waals surface area contributed by atoms with Crippen LogP contribution in [0.2, 0.25) is 0 Å². The average molecular weight is 525 g/mol. The summed E-state index contributed by atoms with van der Waals surface area (Å²) in [5.41, 5.74) is 0. The predicted molar refractivity (Wildman–Crippen MR) is 148 cm³/mol. The van der Waals surface area contributed by atoms with Crippen LogP contribution in [0.1, 0.15) is 149 Å². The Kier molecular flexibility index (Phi) is 20.2. The molecular weight excluding hydrogens is 468 g/mol. The molecule has 216 valence electrons. The molecule has 1 saturated carbocycles. The zero-order valence-electron chi connectivity index (χ0n) is 24.0. The molecule has 0 aromatic carbocycles. The van der Waals surface area contributed by atoms with E-state index in [1.807, 2.05) is 0 Å². The zero-order valence-corrected chi connectivity index (χ0v) is 24.0. The quantitative estimate of drug-likeness (QED) is 0.107. The van der Waals surface area contributed by atoms with Gasteiger partial charge in [-0.15, -0.1) is 0 Å². The fourth-order valence-electron chi connectivity index (χ4n) is 5.32. The normalized spacial score (nSPS) is 19.5. The van der Waals surface area contributed by atoms with E-state index in [0.717, 1.165) is 38.5 Å². The van der Waals surface area contributed by atoms with Gasteiger partial charge < -0.3 is 14.6 Å². The molecule has 1 aliphatic carbocycles. The summed E-state index contributed by atoms with van der Waals surface area (Å²) < 4.78 is 11.0. The lowest BCUT2D eigenvalue weighted by Gasteiger charge is -2.31. The highest BCUT2D eigenvalue weighted by molar-refractivity contribution is 5.83. The van der Waals surface area contributed by atoms with Gasteiger partial charge in [-0.2, -0.15) is 0 Å². The number of carboxylic acid groups (broad SMARTS) is 1. The van der Waals surface area contributed by atoms with Crippen LogP contribution >= 0.6 is 0 Å². The topological polar surface area (TPSA) is 89.9 Å². The van der Waals surface area contributed by atoms with Gasteiger partial charge in [-0.25, -0.2) is 0 Å². The van der Waals surface area contributed by atoms with E-state index in [-0.39, 0.29) is 12.4 Å². The van der Waals surface area contributed by atoms with Crippen LogP contribution < -0.4 is 0 Å². The van der Waals surface area contributed by atoms with Crippen LogP contribution in [-0.4, -0.2) is 36.2 Å². The molecule has 0 saturated heterocycles. The molecule has 3 unspecified atom stereocenters. The lowest BCUT2D eigenvalue weighted by Crippen LogP contribution is -2.39. The third-order valence-corrected chi connectivity index (χ3v) is 7.79. The van der Waals surface area contributed by atoms with Gasteiger partial charge in [0.05, 0.1) is 31.0 Å². The van der Waals surface area contributed by atoms with Crippen LogP contribution in [0.25, 0.3) is 0 Å². The molecule has 0 spiro atoms. The van der Waals surface area contributed by atoms with Crippen molar-refractivity contribution in [3.05, 3.63) is 0 Å². The molecule has 6 heteroatoms. The lowest BCUT2D eigenvalue weighted by molar-refractivity contribution is -0.166. The molecule has 1 N–H and O–H groups in total. The Morgan fingerprint density at radius 1 is 0.568 bits per heavy atom. The molecule has 3 atom stereocenters. The monoisotopic (exact) mass is 524 g/mol. The number of hydrogen-bond acceptors (Lipinski definition) is 5. The van der Waals surface area contributed by atoms with Gasteiger partial charge >= 0.3 is 17.9 Å². The van der Waals surface area contributed by atoms with Crippen molar-refractivity contribution in [1.82, 2.24) is 0 Å². The van der Waals surface area contributed by atoms with Crippen LogP contribution in [0, 0.1) is 17.8 Å². The largest absolute Gasteiger partial charge is 0.481 e. The average Bonchev–Trinajstić information content (AvgIpc) is 2.90. The molecule has 37 heavy (non-hydrogen) atoms. The first kappa shape index (κ1) is 33.4. The maximum atomic E-state index is 12.8. The van der Waals surface area contributed by atoms with Crippen molar-refractivity contribution in [1.29, 1.82) is 0 Å². The van der Waals surface area contributed by atoms with Crippen molar-refractivity contribution in [2.45, 2.75) is 149 Å². The van der Waals surface area contributed by atoms with Gasteiger partial charge in [0.25, 0.3) is 0 Å². The van der Waals surface area contributed by atoms with Crippen molar-refractivity contribution in [2.24, 2.45) is 17.8 Å². The molecule has 1 rings (SSSR count). The second kappa shape index (κ2) is 22.4. The maximum Gasteiger partial charge on any atom is 0.309 e. The number of esters is 2. The van der Waals surface area contributed by atoms with Crippen molar-refractivity contribution in [2.75, 3.05) is 13.2 Å². The SMILES string of the molecule is CCCCCCCCCCCOC(=O)C1CCC(C(=O)O)CC1C(=O)OCCCCCCCCCCC. The second-order valence-corrected chi connectivity index (χ2v) is 11.1. The Balaban J connectivity index is 2.31. The molecule has 0 bridgehead atoms. The third kappa shape index (κ3) is 16.1. The highest BCUT2D eigenvalue weighted by atomic mass is 16.5. The van der Waals surface area contributed by atoms with Crippen LogP contribution in [0.5, 0.6) is 0 Å². The van der Waals surface area contributed by atoms with E-state index >= 15 is 0 Å². The van der Waals surface area contributed by atoms with Gasteiger partial charge in [0.2, 0.25) is 0 Å². The Bertz CT molecular complexity index is 605. The molecule has 0 aromatic heterocycles. The van der Waals surface area contributed by atoms with Crippen molar-refractivity contribution in [3.63, 3.8) is 0 Å². The van der Waals surface area contributed by atoms with Crippen molar-refractivity contribution < 1.29 is 29.0 Å². The van der Waals surface area contributed by atoms with E-state index in [1.54, 1.807) is 0 Å². The molecule has 0 aliphatic heterocycles.